The molecule has 3 aliphatic rings. The van der Waals surface area contributed by atoms with Crippen molar-refractivity contribution in [2.24, 2.45) is 0 Å². The zero-order valence-electron chi connectivity index (χ0n) is 16.9. The second-order valence-electron chi connectivity index (χ2n) is 8.40. The summed E-state index contributed by atoms with van der Waals surface area (Å²) in [5.41, 5.74) is 3.29. The molecule has 0 saturated carbocycles. The van der Waals surface area contributed by atoms with E-state index in [1.807, 2.05) is 31.2 Å². The summed E-state index contributed by atoms with van der Waals surface area (Å²) in [5, 5.41) is 41.4. The molecule has 0 unspecified atom stereocenters. The molecule has 7 heteroatoms. The van der Waals surface area contributed by atoms with E-state index in [9.17, 15) is 20.4 Å². The van der Waals surface area contributed by atoms with Crippen molar-refractivity contribution in [2.75, 3.05) is 13.7 Å². The van der Waals surface area contributed by atoms with Gasteiger partial charge in [-0.2, -0.15) is 0 Å². The molecule has 2 aromatic rings. The lowest BCUT2D eigenvalue weighted by Crippen LogP contribution is -2.54. The molecule has 7 atom stereocenters. The number of phenols is 1. The largest absolute Gasteiger partial charge is 0.508 e. The van der Waals surface area contributed by atoms with E-state index in [0.717, 1.165) is 22.4 Å². The molecule has 0 spiro atoms. The lowest BCUT2D eigenvalue weighted by molar-refractivity contribution is -0.193. The molecule has 7 nitrogen and oxygen atoms in total. The van der Waals surface area contributed by atoms with E-state index < -0.39 is 30.3 Å². The third-order valence-corrected chi connectivity index (χ3v) is 6.88. The maximum Gasteiger partial charge on any atom is 0.130 e. The molecule has 0 aromatic heterocycles. The van der Waals surface area contributed by atoms with E-state index in [1.165, 1.54) is 0 Å². The first kappa shape index (κ1) is 19.6. The molecule has 0 amide bonds. The van der Waals surface area contributed by atoms with Crippen LogP contribution >= 0.6 is 0 Å². The smallest absolute Gasteiger partial charge is 0.130 e. The van der Waals surface area contributed by atoms with E-state index in [0.29, 0.717) is 17.7 Å². The molecule has 0 radical (unpaired) electrons. The summed E-state index contributed by atoms with van der Waals surface area (Å²) in [6.45, 7) is 1.43. The minimum absolute atomic E-state index is 0.0867. The number of aliphatic hydroxyl groups is 3. The molecule has 30 heavy (non-hydrogen) atoms. The molecule has 1 saturated heterocycles. The molecular formula is C23H26O7. The number of hydrogen-bond acceptors (Lipinski definition) is 7. The molecule has 2 heterocycles. The first-order chi connectivity index (χ1) is 14.4. The highest BCUT2D eigenvalue weighted by Gasteiger charge is 2.56. The third kappa shape index (κ3) is 2.73. The summed E-state index contributed by atoms with van der Waals surface area (Å²) in [6.07, 6.45) is -3.21. The molecule has 1 fully saturated rings. The van der Waals surface area contributed by atoms with Gasteiger partial charge in [-0.15, -0.1) is 0 Å². The molecule has 0 bridgehead atoms. The van der Waals surface area contributed by atoms with Gasteiger partial charge in [0, 0.05) is 23.0 Å². The fraction of sp³-hybridized carbons (Fsp3) is 0.478. The number of rotatable bonds is 3. The van der Waals surface area contributed by atoms with Crippen molar-refractivity contribution >= 4 is 0 Å². The molecular weight excluding hydrogens is 388 g/mol. The van der Waals surface area contributed by atoms with Gasteiger partial charge >= 0.3 is 0 Å². The first-order valence-electron chi connectivity index (χ1n) is 10.2. The Morgan fingerprint density at radius 1 is 1.13 bits per heavy atom. The van der Waals surface area contributed by atoms with Crippen molar-refractivity contribution < 1.29 is 34.6 Å². The van der Waals surface area contributed by atoms with Crippen LogP contribution in [-0.2, 0) is 4.74 Å². The van der Waals surface area contributed by atoms with Gasteiger partial charge in [0.25, 0.3) is 0 Å². The summed E-state index contributed by atoms with van der Waals surface area (Å²) in [4.78, 5) is 0. The Kier molecular flexibility index (Phi) is 4.67. The lowest BCUT2D eigenvalue weighted by Gasteiger charge is -2.42. The monoisotopic (exact) mass is 414 g/mol. The van der Waals surface area contributed by atoms with Crippen LogP contribution in [0.3, 0.4) is 0 Å². The quantitative estimate of drug-likeness (QED) is 0.607. The number of aromatic hydroxyl groups is 1. The second-order valence-corrected chi connectivity index (χ2v) is 8.40. The van der Waals surface area contributed by atoms with Gasteiger partial charge in [0.2, 0.25) is 0 Å². The molecule has 4 N–H and O–H groups in total. The molecule has 1 aliphatic carbocycles. The zero-order chi connectivity index (χ0) is 21.2. The van der Waals surface area contributed by atoms with E-state index in [-0.39, 0.29) is 24.4 Å². The van der Waals surface area contributed by atoms with Gasteiger partial charge in [-0.1, -0.05) is 12.1 Å². The van der Waals surface area contributed by atoms with Gasteiger partial charge in [-0.25, -0.2) is 0 Å². The van der Waals surface area contributed by atoms with Crippen LogP contribution in [0.15, 0.2) is 30.3 Å². The summed E-state index contributed by atoms with van der Waals surface area (Å²) < 4.78 is 17.7. The van der Waals surface area contributed by atoms with Crippen LogP contribution in [-0.4, -0.2) is 58.6 Å². The van der Waals surface area contributed by atoms with Crippen molar-refractivity contribution in [1.29, 1.82) is 0 Å². The van der Waals surface area contributed by atoms with Crippen molar-refractivity contribution in [3.63, 3.8) is 0 Å². The highest BCUT2D eigenvalue weighted by molar-refractivity contribution is 5.60. The van der Waals surface area contributed by atoms with Gasteiger partial charge in [0.1, 0.15) is 35.6 Å². The predicted molar refractivity (Wildman–Crippen MR) is 107 cm³/mol. The van der Waals surface area contributed by atoms with Crippen LogP contribution in [0.25, 0.3) is 0 Å². The van der Waals surface area contributed by atoms with Crippen molar-refractivity contribution in [3.8, 4) is 17.2 Å². The summed E-state index contributed by atoms with van der Waals surface area (Å²) in [5.74, 6) is 0.875. The standard InChI is InChI=1S/C23H26O7/c1-10-15(25)7-13-18-14(23-19(13)21(27)20(26)17(9-24)30-23)8-16(29-22(10)18)11-3-5-12(28-2)6-4-11/h3-7,14,16-17,19-21,23-27H,8-9H2,1-2H3/t14-,16-,17+,19+,20+,21+,23-/m0/s1. The molecule has 160 valence electrons. The number of phenolic OH excluding ortho intramolecular Hbond substituents is 1. The number of aliphatic hydroxyl groups excluding tert-OH is 3. The first-order valence-corrected chi connectivity index (χ1v) is 10.2. The second kappa shape index (κ2) is 7.13. The average Bonchev–Trinajstić information content (AvgIpc) is 3.08. The molecule has 2 aromatic carbocycles. The van der Waals surface area contributed by atoms with E-state index in [2.05, 4.69) is 0 Å². The van der Waals surface area contributed by atoms with Crippen LogP contribution in [0.4, 0.5) is 0 Å². The minimum atomic E-state index is -1.20. The third-order valence-electron chi connectivity index (χ3n) is 6.88. The van der Waals surface area contributed by atoms with Crippen LogP contribution in [0, 0.1) is 6.92 Å². The van der Waals surface area contributed by atoms with Crippen LogP contribution in [0.1, 0.15) is 46.6 Å². The van der Waals surface area contributed by atoms with Gasteiger partial charge in [-0.3, -0.25) is 0 Å². The fourth-order valence-corrected chi connectivity index (χ4v) is 5.30. The molecule has 5 rings (SSSR count). The Morgan fingerprint density at radius 2 is 1.87 bits per heavy atom. The number of hydrogen-bond donors (Lipinski definition) is 4. The van der Waals surface area contributed by atoms with Gasteiger partial charge in [-0.05, 0) is 42.7 Å². The van der Waals surface area contributed by atoms with Gasteiger partial charge in [0.15, 0.2) is 0 Å². The maximum absolute atomic E-state index is 10.8. The fourth-order valence-electron chi connectivity index (χ4n) is 5.30. The van der Waals surface area contributed by atoms with Crippen molar-refractivity contribution in [1.82, 2.24) is 0 Å². The predicted octanol–water partition coefficient (Wildman–Crippen LogP) is 1.90. The van der Waals surface area contributed by atoms with Crippen LogP contribution in [0.5, 0.6) is 17.2 Å². The Morgan fingerprint density at radius 3 is 2.53 bits per heavy atom. The molecule has 2 aliphatic heterocycles. The number of fused-ring (bicyclic) bond motifs is 3. The highest BCUT2D eigenvalue weighted by Crippen LogP contribution is 2.59. The minimum Gasteiger partial charge on any atom is -0.508 e. The van der Waals surface area contributed by atoms with E-state index in [1.54, 1.807) is 13.2 Å². The SMILES string of the molecule is COc1ccc([C@@H]2C[C@H]3c4c(cc(O)c(C)c4O2)[C@@H]2[C@@H](O)[C@H](O)[C@@H](CO)O[C@H]23)cc1. The highest BCUT2D eigenvalue weighted by atomic mass is 16.5. The number of benzene rings is 2. The summed E-state index contributed by atoms with van der Waals surface area (Å²) >= 11 is 0. The Hall–Kier alpha value is -2.32. The number of ether oxygens (including phenoxy) is 3. The Bertz CT molecular complexity index is 957. The lowest BCUT2D eigenvalue weighted by atomic mass is 9.82. The Labute approximate surface area is 174 Å². The zero-order valence-corrected chi connectivity index (χ0v) is 16.9. The van der Waals surface area contributed by atoms with Crippen molar-refractivity contribution in [3.05, 3.63) is 52.6 Å². The van der Waals surface area contributed by atoms with Gasteiger partial charge < -0.3 is 34.6 Å². The topological polar surface area (TPSA) is 109 Å². The van der Waals surface area contributed by atoms with E-state index in [4.69, 9.17) is 14.2 Å². The summed E-state index contributed by atoms with van der Waals surface area (Å²) in [7, 11) is 1.62. The van der Waals surface area contributed by atoms with Crippen LogP contribution in [0.2, 0.25) is 0 Å². The normalized spacial score (nSPS) is 34.1. The maximum atomic E-state index is 10.8. The average molecular weight is 414 g/mol. The number of methoxy groups -OCH3 is 1. The van der Waals surface area contributed by atoms with Crippen LogP contribution < -0.4 is 9.47 Å². The Balaban J connectivity index is 1.59. The summed E-state index contributed by atoms with van der Waals surface area (Å²) in [6, 6.07) is 9.33. The van der Waals surface area contributed by atoms with Gasteiger partial charge in [0.05, 0.1) is 25.9 Å². The van der Waals surface area contributed by atoms with Crippen molar-refractivity contribution in [2.45, 2.75) is 55.7 Å². The van der Waals surface area contributed by atoms with E-state index >= 15 is 0 Å².